The Morgan fingerprint density at radius 3 is 2.49 bits per heavy atom. The lowest BCUT2D eigenvalue weighted by molar-refractivity contribution is -0.138. The van der Waals surface area contributed by atoms with Crippen LogP contribution in [0.4, 0.5) is 19.0 Å². The maximum Gasteiger partial charge on any atom is 0.412 e. The predicted octanol–water partition coefficient (Wildman–Crippen LogP) is 7.15. The fourth-order valence-corrected chi connectivity index (χ4v) is 4.81. The smallest absolute Gasteiger partial charge is 0.412 e. The Balaban J connectivity index is 1.49. The van der Waals surface area contributed by atoms with Crippen LogP contribution in [-0.2, 0) is 4.79 Å². The Labute approximate surface area is 218 Å². The van der Waals surface area contributed by atoms with Gasteiger partial charge in [0.25, 0.3) is 0 Å². The summed E-state index contributed by atoms with van der Waals surface area (Å²) in [5.41, 5.74) is 2.42. The number of nitrogens with one attached hydrogen (secondary N) is 1. The van der Waals surface area contributed by atoms with Crippen molar-refractivity contribution < 1.29 is 23.1 Å². The molecular weight excluding hydrogens is 505 g/mol. The van der Waals surface area contributed by atoms with Crippen LogP contribution in [0.2, 0.25) is 5.02 Å². The van der Waals surface area contributed by atoms with Crippen LogP contribution in [-0.4, -0.2) is 45.3 Å². The molecule has 0 spiro atoms. The topological polar surface area (TPSA) is 82.1 Å². The number of anilines is 1. The molecule has 6 nitrogen and oxygen atoms in total. The zero-order chi connectivity index (χ0) is 26.7. The van der Waals surface area contributed by atoms with Crippen molar-refractivity contribution in [2.75, 3.05) is 18.0 Å². The van der Waals surface area contributed by atoms with Crippen LogP contribution in [0.1, 0.15) is 44.0 Å². The summed E-state index contributed by atoms with van der Waals surface area (Å²) in [7, 11) is 0. The molecule has 0 radical (unpaired) electrons. The molecule has 1 aliphatic heterocycles. The maximum atomic E-state index is 13.2. The number of piperidine rings is 1. The number of hydrogen-bond acceptors (Lipinski definition) is 4. The monoisotopic (exact) mass is 532 g/mol. The number of aromatic nitrogens is 3. The van der Waals surface area contributed by atoms with Gasteiger partial charge in [0.2, 0.25) is 0 Å². The van der Waals surface area contributed by atoms with E-state index in [0.717, 1.165) is 49.0 Å². The van der Waals surface area contributed by atoms with Crippen molar-refractivity contribution in [1.29, 1.82) is 0 Å². The lowest BCUT2D eigenvalue weighted by Crippen LogP contribution is -2.34. The third-order valence-electron chi connectivity index (χ3n) is 6.69. The summed E-state index contributed by atoms with van der Waals surface area (Å²) in [6.07, 6.45) is 0.155. The van der Waals surface area contributed by atoms with E-state index in [1.54, 1.807) is 25.3 Å². The van der Waals surface area contributed by atoms with E-state index >= 15 is 0 Å². The number of aliphatic carboxylic acids is 1. The van der Waals surface area contributed by atoms with Gasteiger partial charge in [-0.05, 0) is 68.0 Å². The zero-order valence-corrected chi connectivity index (χ0v) is 21.3. The summed E-state index contributed by atoms with van der Waals surface area (Å²) in [6.45, 7) is 4.68. The number of rotatable bonds is 7. The molecule has 196 valence electrons. The van der Waals surface area contributed by atoms with Crippen molar-refractivity contribution in [2.24, 2.45) is 5.92 Å². The lowest BCUT2D eigenvalue weighted by atomic mass is 9.93. The van der Waals surface area contributed by atoms with Crippen LogP contribution in [0.5, 0.6) is 0 Å². The molecule has 4 rings (SSSR count). The minimum absolute atomic E-state index is 0.142. The first-order valence-corrected chi connectivity index (χ1v) is 12.5. The summed E-state index contributed by atoms with van der Waals surface area (Å²) in [5, 5.41) is 9.40. The number of carbonyl (C=O) groups is 1. The molecule has 3 heterocycles. The second-order valence-electron chi connectivity index (χ2n) is 9.24. The summed E-state index contributed by atoms with van der Waals surface area (Å²) in [5.74, 6) is 0.698. The Bertz CT molecular complexity index is 1290. The normalized spacial score (nSPS) is 15.3. The van der Waals surface area contributed by atoms with Gasteiger partial charge in [-0.15, -0.1) is 0 Å². The van der Waals surface area contributed by atoms with Gasteiger partial charge in [-0.25, -0.2) is 9.97 Å². The SMILES string of the molecule is CC/C(=C\c1nc(-c2ccc(-c3ccc(N4CCC(CC(=O)O)CC4)nc3)cc2Cl)[nH]c1C)C(F)(F)F. The van der Waals surface area contributed by atoms with Gasteiger partial charge in [-0.3, -0.25) is 4.79 Å². The molecule has 10 heteroatoms. The van der Waals surface area contributed by atoms with Crippen molar-refractivity contribution >= 4 is 29.5 Å². The molecule has 2 aromatic heterocycles. The van der Waals surface area contributed by atoms with Gasteiger partial charge in [-0.1, -0.05) is 24.6 Å². The Hall–Kier alpha value is -3.33. The number of benzene rings is 1. The van der Waals surface area contributed by atoms with Gasteiger partial charge < -0.3 is 15.0 Å². The van der Waals surface area contributed by atoms with Crippen LogP contribution in [0.3, 0.4) is 0 Å². The molecule has 1 saturated heterocycles. The number of carboxylic acids is 1. The van der Waals surface area contributed by atoms with E-state index < -0.39 is 17.7 Å². The number of alkyl halides is 3. The molecule has 0 bridgehead atoms. The van der Waals surface area contributed by atoms with E-state index in [9.17, 15) is 18.0 Å². The zero-order valence-electron chi connectivity index (χ0n) is 20.6. The molecule has 1 aliphatic rings. The van der Waals surface area contributed by atoms with E-state index in [2.05, 4.69) is 19.9 Å². The number of allylic oxidation sites excluding steroid dienone is 1. The van der Waals surface area contributed by atoms with Gasteiger partial charge in [0.15, 0.2) is 0 Å². The highest BCUT2D eigenvalue weighted by molar-refractivity contribution is 6.33. The van der Waals surface area contributed by atoms with Gasteiger partial charge in [-0.2, -0.15) is 13.2 Å². The molecule has 37 heavy (non-hydrogen) atoms. The number of pyridine rings is 1. The fraction of sp³-hybridized carbons (Fsp3) is 0.370. The minimum Gasteiger partial charge on any atom is -0.481 e. The molecule has 2 N–H and O–H groups in total. The molecule has 1 fully saturated rings. The molecule has 0 amide bonds. The van der Waals surface area contributed by atoms with Crippen LogP contribution < -0.4 is 4.90 Å². The third-order valence-corrected chi connectivity index (χ3v) is 7.00. The maximum absolute atomic E-state index is 13.2. The molecule has 0 aliphatic carbocycles. The lowest BCUT2D eigenvalue weighted by Gasteiger charge is -2.32. The largest absolute Gasteiger partial charge is 0.481 e. The summed E-state index contributed by atoms with van der Waals surface area (Å²) < 4.78 is 39.5. The summed E-state index contributed by atoms with van der Waals surface area (Å²) in [6, 6.07) is 9.34. The Kier molecular flexibility index (Phi) is 7.92. The highest BCUT2D eigenvalue weighted by Gasteiger charge is 2.32. The number of halogens is 4. The quantitative estimate of drug-likeness (QED) is 0.338. The van der Waals surface area contributed by atoms with E-state index in [-0.39, 0.29) is 24.5 Å². The van der Waals surface area contributed by atoms with E-state index in [1.165, 1.54) is 6.92 Å². The average molecular weight is 533 g/mol. The van der Waals surface area contributed by atoms with E-state index in [0.29, 0.717) is 22.1 Å². The predicted molar refractivity (Wildman–Crippen MR) is 139 cm³/mol. The first-order chi connectivity index (χ1) is 17.5. The number of carboxylic acid groups (broad SMARTS) is 1. The first-order valence-electron chi connectivity index (χ1n) is 12.1. The molecule has 3 aromatic rings. The second kappa shape index (κ2) is 11.0. The van der Waals surface area contributed by atoms with Crippen molar-refractivity contribution in [3.8, 4) is 22.5 Å². The van der Waals surface area contributed by atoms with E-state index in [4.69, 9.17) is 16.7 Å². The number of aromatic amines is 1. The van der Waals surface area contributed by atoms with Crippen LogP contribution in [0.15, 0.2) is 42.1 Å². The van der Waals surface area contributed by atoms with Gasteiger partial charge in [0.05, 0.1) is 10.7 Å². The van der Waals surface area contributed by atoms with Crippen molar-refractivity contribution in [2.45, 2.75) is 45.7 Å². The molecule has 0 unspecified atom stereocenters. The standard InChI is InChI=1S/C27H28ClF3N4O2/c1-3-20(27(29,30)31)14-23-16(2)33-26(34-23)21-6-4-18(13-22(21)28)19-5-7-24(32-15-19)35-10-8-17(9-11-35)12-25(36)37/h4-7,13-15,17H,3,8-12H2,1-2H3,(H,33,34)(H,36,37)/b20-14+. The number of H-pyrrole nitrogens is 1. The fourth-order valence-electron chi connectivity index (χ4n) is 4.54. The van der Waals surface area contributed by atoms with Crippen LogP contribution in [0, 0.1) is 12.8 Å². The van der Waals surface area contributed by atoms with Gasteiger partial charge in [0.1, 0.15) is 11.6 Å². The van der Waals surface area contributed by atoms with Crippen molar-refractivity contribution in [1.82, 2.24) is 15.0 Å². The summed E-state index contributed by atoms with van der Waals surface area (Å²) in [4.78, 5) is 25.1. The number of imidazole rings is 1. The Morgan fingerprint density at radius 2 is 1.92 bits per heavy atom. The number of hydrogen-bond donors (Lipinski definition) is 2. The second-order valence-corrected chi connectivity index (χ2v) is 9.65. The molecule has 0 atom stereocenters. The van der Waals surface area contributed by atoms with Crippen molar-refractivity contribution in [3.05, 3.63) is 58.5 Å². The minimum atomic E-state index is -4.40. The van der Waals surface area contributed by atoms with E-state index in [1.807, 2.05) is 18.2 Å². The first kappa shape index (κ1) is 26.7. The number of nitrogens with zero attached hydrogens (tertiary/aromatic N) is 3. The third kappa shape index (κ3) is 6.33. The van der Waals surface area contributed by atoms with Gasteiger partial charge >= 0.3 is 12.1 Å². The van der Waals surface area contributed by atoms with Crippen molar-refractivity contribution in [3.63, 3.8) is 0 Å². The molecule has 0 saturated carbocycles. The number of aryl methyl sites for hydroxylation is 1. The highest BCUT2D eigenvalue weighted by atomic mass is 35.5. The highest BCUT2D eigenvalue weighted by Crippen LogP contribution is 2.34. The molecular formula is C27H28ClF3N4O2. The van der Waals surface area contributed by atoms with Crippen LogP contribution >= 0.6 is 11.6 Å². The average Bonchev–Trinajstić information content (AvgIpc) is 3.21. The summed E-state index contributed by atoms with van der Waals surface area (Å²) >= 11 is 6.56. The van der Waals surface area contributed by atoms with Gasteiger partial charge in [0, 0.05) is 48.1 Å². The van der Waals surface area contributed by atoms with Crippen LogP contribution in [0.25, 0.3) is 28.6 Å². The molecule has 1 aromatic carbocycles. The Morgan fingerprint density at radius 1 is 1.22 bits per heavy atom.